The molecule has 1 aliphatic carbocycles. The topological polar surface area (TPSA) is 49.6 Å². The van der Waals surface area contributed by atoms with Crippen LogP contribution in [0.2, 0.25) is 10.0 Å². The van der Waals surface area contributed by atoms with Gasteiger partial charge >= 0.3 is 0 Å². The molecule has 2 aromatic heterocycles. The van der Waals surface area contributed by atoms with Crippen molar-refractivity contribution < 1.29 is 5.11 Å². The molecule has 0 saturated carbocycles. The Morgan fingerprint density at radius 2 is 1.87 bits per heavy atom. The van der Waals surface area contributed by atoms with Crippen molar-refractivity contribution in [3.05, 3.63) is 87.0 Å². The number of fused-ring (bicyclic) bond motifs is 2. The molecule has 0 fully saturated rings. The summed E-state index contributed by atoms with van der Waals surface area (Å²) in [5.41, 5.74) is 7.95. The second-order valence-corrected chi connectivity index (χ2v) is 8.73. The summed E-state index contributed by atoms with van der Waals surface area (Å²) in [7, 11) is 0. The van der Waals surface area contributed by atoms with Crippen LogP contribution in [0.3, 0.4) is 0 Å². The highest BCUT2D eigenvalue weighted by atomic mass is 35.5. The molecular weight excluding hydrogens is 417 g/mol. The minimum atomic E-state index is -0.475. The van der Waals surface area contributed by atoms with E-state index in [1.807, 2.05) is 48.7 Å². The van der Waals surface area contributed by atoms with Crippen molar-refractivity contribution in [1.29, 1.82) is 0 Å². The highest BCUT2D eigenvalue weighted by Crippen LogP contribution is 2.38. The van der Waals surface area contributed by atoms with Crippen LogP contribution in [-0.4, -0.2) is 20.8 Å². The second-order valence-electron chi connectivity index (χ2n) is 7.89. The molecule has 5 rings (SSSR count). The number of aliphatic hydroxyl groups is 1. The van der Waals surface area contributed by atoms with Gasteiger partial charge in [0.15, 0.2) is 0 Å². The number of aryl methyl sites for hydroxylation is 2. The average Bonchev–Trinajstić information content (AvgIpc) is 3.19. The zero-order valence-corrected chi connectivity index (χ0v) is 18.2. The quantitative estimate of drug-likeness (QED) is 0.413. The Bertz CT molecular complexity index is 1280. The van der Waals surface area contributed by atoms with E-state index in [0.29, 0.717) is 16.5 Å². The Morgan fingerprint density at radius 1 is 1.07 bits per heavy atom. The molecule has 2 heterocycles. The lowest BCUT2D eigenvalue weighted by Crippen LogP contribution is -2.21. The van der Waals surface area contributed by atoms with Gasteiger partial charge < -0.3 is 10.4 Å². The number of aromatic nitrogens is 2. The van der Waals surface area contributed by atoms with Crippen LogP contribution in [0.5, 0.6) is 0 Å². The fourth-order valence-corrected chi connectivity index (χ4v) is 4.92. The van der Waals surface area contributed by atoms with Gasteiger partial charge in [-0.3, -0.25) is 0 Å². The predicted octanol–water partition coefficient (Wildman–Crippen LogP) is 6.00. The fourth-order valence-electron chi connectivity index (χ4n) is 4.43. The number of rotatable bonds is 3. The van der Waals surface area contributed by atoms with E-state index in [0.717, 1.165) is 39.3 Å². The first-order valence-corrected chi connectivity index (χ1v) is 10.7. The van der Waals surface area contributed by atoms with Crippen molar-refractivity contribution in [2.75, 3.05) is 5.32 Å². The molecule has 6 heteroatoms. The van der Waals surface area contributed by atoms with Gasteiger partial charge in [-0.05, 0) is 60.9 Å². The molecule has 0 radical (unpaired) electrons. The monoisotopic (exact) mass is 437 g/mol. The maximum Gasteiger partial charge on any atom is 0.0888 e. The molecule has 152 valence electrons. The van der Waals surface area contributed by atoms with Gasteiger partial charge in [0.1, 0.15) is 0 Å². The van der Waals surface area contributed by atoms with Gasteiger partial charge in [-0.25, -0.2) is 4.52 Å². The number of anilines is 1. The highest BCUT2D eigenvalue weighted by molar-refractivity contribution is 6.36. The number of nitrogens with zero attached hydrogens (tertiary/aromatic N) is 2. The van der Waals surface area contributed by atoms with Gasteiger partial charge in [-0.15, -0.1) is 0 Å². The Balaban J connectivity index is 1.65. The normalized spacial score (nSPS) is 18.0. The highest BCUT2D eigenvalue weighted by Gasteiger charge is 2.31. The van der Waals surface area contributed by atoms with E-state index < -0.39 is 6.10 Å². The molecule has 4 aromatic rings. The molecule has 1 aliphatic rings. The molecule has 0 bridgehead atoms. The minimum absolute atomic E-state index is 0.162. The van der Waals surface area contributed by atoms with Crippen LogP contribution in [0.4, 0.5) is 5.69 Å². The van der Waals surface area contributed by atoms with Crippen molar-refractivity contribution in [2.45, 2.75) is 32.4 Å². The summed E-state index contributed by atoms with van der Waals surface area (Å²) in [4.78, 5) is 0. The van der Waals surface area contributed by atoms with Crippen LogP contribution in [0.1, 0.15) is 28.4 Å². The van der Waals surface area contributed by atoms with Crippen LogP contribution < -0.4 is 5.32 Å². The number of halogens is 2. The van der Waals surface area contributed by atoms with Crippen molar-refractivity contribution in [3.63, 3.8) is 0 Å². The number of nitrogens with one attached hydrogen (secondary N) is 1. The summed E-state index contributed by atoms with van der Waals surface area (Å²) < 4.78 is 1.93. The first kappa shape index (κ1) is 19.4. The zero-order chi connectivity index (χ0) is 21.0. The first-order valence-electron chi connectivity index (χ1n) is 9.90. The third-order valence-corrected chi connectivity index (χ3v) is 6.30. The predicted molar refractivity (Wildman–Crippen MR) is 123 cm³/mol. The van der Waals surface area contributed by atoms with E-state index in [-0.39, 0.29) is 6.04 Å². The van der Waals surface area contributed by atoms with E-state index in [4.69, 9.17) is 28.3 Å². The number of benzene rings is 2. The van der Waals surface area contributed by atoms with E-state index >= 15 is 0 Å². The van der Waals surface area contributed by atoms with Crippen LogP contribution in [0, 0.1) is 13.8 Å². The molecule has 0 saturated heterocycles. The molecule has 0 spiro atoms. The average molecular weight is 438 g/mol. The number of hydrogen-bond acceptors (Lipinski definition) is 3. The second kappa shape index (κ2) is 7.31. The van der Waals surface area contributed by atoms with Gasteiger partial charge in [-0.1, -0.05) is 47.5 Å². The van der Waals surface area contributed by atoms with Gasteiger partial charge in [0.2, 0.25) is 0 Å². The lowest BCUT2D eigenvalue weighted by Gasteiger charge is -2.20. The van der Waals surface area contributed by atoms with E-state index in [1.54, 1.807) is 6.07 Å². The van der Waals surface area contributed by atoms with Gasteiger partial charge in [0, 0.05) is 17.0 Å². The molecule has 0 unspecified atom stereocenters. The third kappa shape index (κ3) is 3.16. The Hall–Kier alpha value is -2.53. The molecule has 0 aliphatic heterocycles. The zero-order valence-electron chi connectivity index (χ0n) is 16.7. The summed E-state index contributed by atoms with van der Waals surface area (Å²) in [6, 6.07) is 17.7. The SMILES string of the molecule is Cc1cc(N[C@@H]2c3ccccc3C[C@@H]2O)c2cc(C)c(-c3ccc(Cl)cc3Cl)n2n1. The Morgan fingerprint density at radius 3 is 2.67 bits per heavy atom. The largest absolute Gasteiger partial charge is 0.390 e. The van der Waals surface area contributed by atoms with Gasteiger partial charge in [0.05, 0.1) is 39.8 Å². The summed E-state index contributed by atoms with van der Waals surface area (Å²) in [5, 5.41) is 20.2. The summed E-state index contributed by atoms with van der Waals surface area (Å²) in [5.74, 6) is 0. The van der Waals surface area contributed by atoms with Crippen LogP contribution in [0.15, 0.2) is 54.6 Å². The van der Waals surface area contributed by atoms with Gasteiger partial charge in [-0.2, -0.15) is 5.10 Å². The van der Waals surface area contributed by atoms with E-state index in [2.05, 4.69) is 23.5 Å². The number of aliphatic hydroxyl groups excluding tert-OH is 1. The molecule has 2 aromatic carbocycles. The van der Waals surface area contributed by atoms with Crippen LogP contribution in [0.25, 0.3) is 16.8 Å². The van der Waals surface area contributed by atoms with E-state index in [9.17, 15) is 5.11 Å². The maximum absolute atomic E-state index is 10.7. The lowest BCUT2D eigenvalue weighted by atomic mass is 10.1. The lowest BCUT2D eigenvalue weighted by molar-refractivity contribution is 0.166. The first-order chi connectivity index (χ1) is 14.4. The Labute approximate surface area is 185 Å². The van der Waals surface area contributed by atoms with Crippen molar-refractivity contribution in [3.8, 4) is 11.3 Å². The third-order valence-electron chi connectivity index (χ3n) is 5.75. The van der Waals surface area contributed by atoms with E-state index in [1.165, 1.54) is 5.56 Å². The number of hydrogen-bond donors (Lipinski definition) is 2. The summed E-state index contributed by atoms with van der Waals surface area (Å²) in [6.07, 6.45) is 0.178. The summed E-state index contributed by atoms with van der Waals surface area (Å²) >= 11 is 12.6. The molecular formula is C24H21Cl2N3O. The van der Waals surface area contributed by atoms with Crippen LogP contribution >= 0.6 is 23.2 Å². The van der Waals surface area contributed by atoms with Crippen molar-refractivity contribution >= 4 is 34.4 Å². The van der Waals surface area contributed by atoms with Gasteiger partial charge in [0.25, 0.3) is 0 Å². The van der Waals surface area contributed by atoms with Crippen molar-refractivity contribution in [2.24, 2.45) is 0 Å². The molecule has 2 N–H and O–H groups in total. The minimum Gasteiger partial charge on any atom is -0.390 e. The molecule has 0 amide bonds. The maximum atomic E-state index is 10.7. The molecule has 2 atom stereocenters. The smallest absolute Gasteiger partial charge is 0.0888 e. The van der Waals surface area contributed by atoms with Crippen LogP contribution in [-0.2, 0) is 6.42 Å². The standard InChI is InChI=1S/C24H21Cl2N3O/c1-13-9-21-20(27-23-17-6-4-3-5-15(17)11-22(23)30)10-14(2)28-29(21)24(13)18-8-7-16(25)12-19(18)26/h3-10,12,22-23,27,30H,11H2,1-2H3/t22-,23+/m0/s1. The fraction of sp³-hybridized carbons (Fsp3) is 0.208. The molecule has 30 heavy (non-hydrogen) atoms. The Kier molecular flexibility index (Phi) is 4.73. The molecule has 4 nitrogen and oxygen atoms in total. The summed E-state index contributed by atoms with van der Waals surface area (Å²) in [6.45, 7) is 4.01. The van der Waals surface area contributed by atoms with Crippen molar-refractivity contribution in [1.82, 2.24) is 9.61 Å².